The van der Waals surface area contributed by atoms with Crippen LogP contribution in [0.15, 0.2) is 60.4 Å². The number of halogens is 3. The lowest BCUT2D eigenvalue weighted by Gasteiger charge is -2.14. The van der Waals surface area contributed by atoms with Crippen LogP contribution in [0, 0.1) is 0 Å². The third-order valence-corrected chi connectivity index (χ3v) is 4.92. The predicted molar refractivity (Wildman–Crippen MR) is 119 cm³/mol. The fourth-order valence-electron chi connectivity index (χ4n) is 2.52. The third-order valence-electron chi connectivity index (χ3n) is 4.17. The fourth-order valence-corrected chi connectivity index (χ4v) is 3.17. The Kier molecular flexibility index (Phi) is 11.0. The van der Waals surface area contributed by atoms with Gasteiger partial charge < -0.3 is 18.9 Å². The van der Waals surface area contributed by atoms with Gasteiger partial charge in [0.05, 0.1) is 24.9 Å². The van der Waals surface area contributed by atoms with Crippen molar-refractivity contribution in [2.24, 2.45) is 0 Å². The van der Waals surface area contributed by atoms with Crippen molar-refractivity contribution in [3.05, 3.63) is 65.9 Å². The highest BCUT2D eigenvalue weighted by Gasteiger charge is 2.30. The Balaban J connectivity index is 2.04. The second-order valence-corrected chi connectivity index (χ2v) is 7.68. The molecule has 0 saturated carbocycles. The molecule has 0 aliphatic rings. The smallest absolute Gasteiger partial charge is 0.483 e. The minimum atomic E-state index is -4.43. The molecule has 0 fully saturated rings. The van der Waals surface area contributed by atoms with Crippen LogP contribution in [0.5, 0.6) is 17.2 Å². The Labute approximate surface area is 201 Å². The second-order valence-electron chi connectivity index (χ2n) is 6.80. The van der Waals surface area contributed by atoms with E-state index < -0.39 is 32.1 Å². The molecule has 0 amide bonds. The molecule has 0 aromatic heterocycles. The zero-order chi connectivity index (χ0) is 25.8. The van der Waals surface area contributed by atoms with E-state index in [4.69, 9.17) is 28.0 Å². The first-order chi connectivity index (χ1) is 16.6. The molecule has 35 heavy (non-hydrogen) atoms. The van der Waals surface area contributed by atoms with Crippen LogP contribution in [0.3, 0.4) is 0 Å². The maximum atomic E-state index is 12.7. The molecule has 0 aliphatic carbocycles. The molecule has 12 heteroatoms. The number of hydrogen-bond donors (Lipinski definition) is 0. The zero-order valence-corrected chi connectivity index (χ0v) is 20.1. The summed E-state index contributed by atoms with van der Waals surface area (Å²) in [5.41, 5.74) is -0.776. The van der Waals surface area contributed by atoms with E-state index in [1.54, 1.807) is 38.1 Å². The number of alkyl halides is 3. The number of benzene rings is 2. The molecule has 2 unspecified atom stereocenters. The summed E-state index contributed by atoms with van der Waals surface area (Å²) in [4.78, 5) is 11.9. The van der Waals surface area contributed by atoms with Crippen molar-refractivity contribution < 1.29 is 50.5 Å². The molecular weight excluding hydrogens is 492 g/mol. The van der Waals surface area contributed by atoms with Gasteiger partial charge in [0.2, 0.25) is 5.76 Å². The van der Waals surface area contributed by atoms with Crippen molar-refractivity contribution in [2.45, 2.75) is 26.1 Å². The van der Waals surface area contributed by atoms with E-state index >= 15 is 0 Å². The Morgan fingerprint density at radius 2 is 1.57 bits per heavy atom. The van der Waals surface area contributed by atoms with E-state index in [1.165, 1.54) is 19.2 Å². The van der Waals surface area contributed by atoms with E-state index in [0.29, 0.717) is 11.5 Å². The van der Waals surface area contributed by atoms with E-state index in [2.05, 4.69) is 0 Å². The first-order valence-electron chi connectivity index (χ1n) is 10.4. The van der Waals surface area contributed by atoms with Gasteiger partial charge in [-0.25, -0.2) is 9.32 Å². The number of rotatable bonds is 13. The largest absolute Gasteiger partial charge is 0.750 e. The van der Waals surface area contributed by atoms with E-state index in [0.717, 1.165) is 18.2 Å². The van der Waals surface area contributed by atoms with E-state index in [-0.39, 0.29) is 31.3 Å². The maximum Gasteiger partial charge on any atom is 0.750 e. The topological polar surface area (TPSA) is 89.5 Å². The Morgan fingerprint density at radius 1 is 1.00 bits per heavy atom. The highest BCUT2D eigenvalue weighted by Crippen LogP contribution is 2.33. The van der Waals surface area contributed by atoms with E-state index in [1.807, 2.05) is 0 Å². The number of ether oxygens (including phenoxy) is 4. The lowest BCUT2D eigenvalue weighted by molar-refractivity contribution is -0.138. The lowest BCUT2D eigenvalue weighted by Crippen LogP contribution is -2.18. The molecule has 2 aromatic carbocycles. The second kappa shape index (κ2) is 13.7. The summed E-state index contributed by atoms with van der Waals surface area (Å²) in [6.45, 7) is 3.56. The molecule has 0 spiro atoms. The van der Waals surface area contributed by atoms with Crippen molar-refractivity contribution in [3.8, 4) is 17.2 Å². The summed E-state index contributed by atoms with van der Waals surface area (Å²) in [5.74, 6) is 0.153. The summed E-state index contributed by atoms with van der Waals surface area (Å²) in [5, 5.41) is 0. The van der Waals surface area contributed by atoms with Gasteiger partial charge in [0.15, 0.2) is 6.10 Å². The molecule has 2 rings (SSSR count). The summed E-state index contributed by atoms with van der Waals surface area (Å²) < 4.78 is 81.3. The van der Waals surface area contributed by atoms with Gasteiger partial charge in [-0.1, -0.05) is 0 Å². The Bertz CT molecular complexity index is 991. The van der Waals surface area contributed by atoms with Gasteiger partial charge in [0, 0.05) is 11.7 Å². The van der Waals surface area contributed by atoms with Gasteiger partial charge in [0.1, 0.15) is 23.9 Å². The normalized spacial score (nSPS) is 13.1. The third kappa shape index (κ3) is 9.94. The van der Waals surface area contributed by atoms with Crippen LogP contribution >= 0.6 is 8.25 Å². The van der Waals surface area contributed by atoms with Gasteiger partial charge in [0.25, 0.3) is 0 Å². The molecule has 2 aromatic rings. The van der Waals surface area contributed by atoms with Crippen LogP contribution in [0.2, 0.25) is 0 Å². The average Bonchev–Trinajstić information content (AvgIpc) is 2.80. The molecule has 2 atom stereocenters. The quantitative estimate of drug-likeness (QED) is 0.104. The zero-order valence-electron chi connectivity index (χ0n) is 19.2. The van der Waals surface area contributed by atoms with Crippen molar-refractivity contribution in [1.29, 1.82) is 0 Å². The molecule has 0 N–H and O–H groups in total. The molecule has 0 bridgehead atoms. The van der Waals surface area contributed by atoms with Crippen molar-refractivity contribution in [3.63, 3.8) is 0 Å². The number of esters is 1. The molecule has 8 nitrogen and oxygen atoms in total. The van der Waals surface area contributed by atoms with Crippen molar-refractivity contribution >= 4 is 14.2 Å². The number of carbonyl (C=O) groups is 1. The van der Waals surface area contributed by atoms with Gasteiger partial charge in [-0.2, -0.15) is 13.2 Å². The van der Waals surface area contributed by atoms with Gasteiger partial charge >= 0.3 is 20.4 Å². The molecule has 0 aliphatic heterocycles. The predicted octanol–water partition coefficient (Wildman–Crippen LogP) is 6.05. The highest BCUT2D eigenvalue weighted by atomic mass is 31.1. The summed E-state index contributed by atoms with van der Waals surface area (Å²) in [7, 11) is -1.14. The van der Waals surface area contributed by atoms with E-state index in [9.17, 15) is 22.5 Å². The average molecular weight is 517 g/mol. The van der Waals surface area contributed by atoms with Gasteiger partial charge in [-0.15, -0.1) is 4.52 Å². The van der Waals surface area contributed by atoms with Crippen LogP contribution < -0.4 is 9.47 Å². The molecule has 0 heterocycles. The number of methoxy groups -OCH3 is 1. The first kappa shape index (κ1) is 28.1. The number of carbonyl (C=O) groups excluding carboxylic acids is 1. The standard InChI is InChI=1S/C23H25F3O8P/c1-4-30-22(27)15-21(34-35(28)31-14-13-29-3)16(2)32-18-9-11-20(12-10-18)33-19-7-5-17(6-8-19)23(24,25)26/h5-12,15-16H,4,13-14H2,1-3H3/q+1. The minimum Gasteiger partial charge on any atom is -0.483 e. The first-order valence-corrected chi connectivity index (χ1v) is 11.5. The monoisotopic (exact) mass is 517 g/mol. The Hall–Kier alpha value is -3.14. The molecule has 190 valence electrons. The van der Waals surface area contributed by atoms with Crippen molar-refractivity contribution in [2.75, 3.05) is 26.9 Å². The summed E-state index contributed by atoms with van der Waals surface area (Å²) in [6, 6.07) is 10.5. The number of hydrogen-bond acceptors (Lipinski definition) is 8. The SMILES string of the molecule is CCOC(=O)C=C(O[P+](=O)OCCOC)C(C)Oc1ccc(Oc2ccc(C(F)(F)F)cc2)cc1. The highest BCUT2D eigenvalue weighted by molar-refractivity contribution is 7.33. The summed E-state index contributed by atoms with van der Waals surface area (Å²) in [6.07, 6.45) is -4.27. The van der Waals surface area contributed by atoms with Crippen LogP contribution in [0.25, 0.3) is 0 Å². The van der Waals surface area contributed by atoms with Crippen LogP contribution in [-0.4, -0.2) is 39.0 Å². The van der Waals surface area contributed by atoms with Gasteiger partial charge in [-0.05, 0) is 62.4 Å². The van der Waals surface area contributed by atoms with Crippen molar-refractivity contribution in [1.82, 2.24) is 0 Å². The van der Waals surface area contributed by atoms with Crippen LogP contribution in [-0.2, 0) is 34.1 Å². The fraction of sp³-hybridized carbons (Fsp3) is 0.348. The molecule has 0 radical (unpaired) electrons. The molecular formula is C23H25F3O8P+. The van der Waals surface area contributed by atoms with Gasteiger partial charge in [-0.3, -0.25) is 0 Å². The van der Waals surface area contributed by atoms with Crippen LogP contribution in [0.4, 0.5) is 13.2 Å². The Morgan fingerprint density at radius 3 is 2.11 bits per heavy atom. The maximum absolute atomic E-state index is 12.7. The van der Waals surface area contributed by atoms with Crippen LogP contribution in [0.1, 0.15) is 19.4 Å². The lowest BCUT2D eigenvalue weighted by atomic mass is 10.2. The minimum absolute atomic E-state index is 0.0218. The molecule has 0 saturated heterocycles. The summed E-state index contributed by atoms with van der Waals surface area (Å²) >= 11 is 0.